The number of nitrogens with zero attached hydrogens (tertiary/aromatic N) is 3. The SMILES string of the molecule is c1ccc(-n2c3ccccc3c3cc(N(c4ccc(-c5nc6ccc7oc8ccccc8c7c6o5)cc4)c4ccc5c(c4)sc4ccccc45)ccc32)cc1. The molecule has 0 aliphatic heterocycles. The predicted octanol–water partition coefficient (Wildman–Crippen LogP) is 14.3. The topological polar surface area (TPSA) is 47.3 Å². The fraction of sp³-hybridized carbons (Fsp3) is 0. The number of hydrogen-bond donors (Lipinski definition) is 0. The molecule has 0 saturated heterocycles. The highest BCUT2D eigenvalue weighted by Crippen LogP contribution is 2.44. The van der Waals surface area contributed by atoms with Gasteiger partial charge in [0, 0.05) is 64.6 Å². The fourth-order valence-corrected chi connectivity index (χ4v) is 9.47. The molecule has 0 aliphatic rings. The summed E-state index contributed by atoms with van der Waals surface area (Å²) >= 11 is 1.84. The third kappa shape index (κ3) is 4.62. The van der Waals surface area contributed by atoms with E-state index >= 15 is 0 Å². The first-order valence-electron chi connectivity index (χ1n) is 18.4. The molecule has 0 radical (unpaired) electrons. The van der Waals surface area contributed by atoms with Crippen molar-refractivity contribution in [2.24, 2.45) is 0 Å². The molecule has 6 heteroatoms. The molecule has 12 aromatic rings. The van der Waals surface area contributed by atoms with Gasteiger partial charge in [-0.3, -0.25) is 0 Å². The number of thiophene rings is 1. The van der Waals surface area contributed by atoms with Crippen molar-refractivity contribution in [3.05, 3.63) is 176 Å². The van der Waals surface area contributed by atoms with E-state index in [1.807, 2.05) is 41.7 Å². The van der Waals surface area contributed by atoms with E-state index in [0.29, 0.717) is 5.89 Å². The van der Waals surface area contributed by atoms with Crippen molar-refractivity contribution in [2.45, 2.75) is 0 Å². The summed E-state index contributed by atoms with van der Waals surface area (Å²) in [4.78, 5) is 7.29. The largest absolute Gasteiger partial charge is 0.456 e. The lowest BCUT2D eigenvalue weighted by molar-refractivity contribution is 0.622. The van der Waals surface area contributed by atoms with Gasteiger partial charge in [-0.2, -0.15) is 0 Å². The lowest BCUT2D eigenvalue weighted by Crippen LogP contribution is -2.09. The molecular formula is C49H29N3O2S. The van der Waals surface area contributed by atoms with E-state index < -0.39 is 0 Å². The van der Waals surface area contributed by atoms with E-state index in [9.17, 15) is 0 Å². The van der Waals surface area contributed by atoms with Gasteiger partial charge in [-0.25, -0.2) is 4.98 Å². The van der Waals surface area contributed by atoms with Gasteiger partial charge in [-0.15, -0.1) is 11.3 Å². The molecule has 4 heterocycles. The van der Waals surface area contributed by atoms with Crippen LogP contribution in [0.1, 0.15) is 0 Å². The maximum absolute atomic E-state index is 6.52. The molecule has 55 heavy (non-hydrogen) atoms. The van der Waals surface area contributed by atoms with Crippen LogP contribution < -0.4 is 4.90 Å². The van der Waals surface area contributed by atoms with E-state index in [2.05, 4.69) is 155 Å². The first-order chi connectivity index (χ1) is 27.2. The van der Waals surface area contributed by atoms with Gasteiger partial charge in [0.2, 0.25) is 5.89 Å². The molecular weight excluding hydrogens is 695 g/mol. The molecule has 0 spiro atoms. The molecule has 12 rings (SSSR count). The lowest BCUT2D eigenvalue weighted by Gasteiger charge is -2.26. The van der Waals surface area contributed by atoms with Crippen LogP contribution >= 0.6 is 11.3 Å². The zero-order valence-electron chi connectivity index (χ0n) is 29.3. The van der Waals surface area contributed by atoms with E-state index in [0.717, 1.165) is 61.4 Å². The summed E-state index contributed by atoms with van der Waals surface area (Å²) < 4.78 is 17.6. The monoisotopic (exact) mass is 723 g/mol. The van der Waals surface area contributed by atoms with Crippen LogP contribution in [-0.4, -0.2) is 9.55 Å². The Morgan fingerprint density at radius 1 is 0.473 bits per heavy atom. The van der Waals surface area contributed by atoms with E-state index in [4.69, 9.17) is 13.8 Å². The normalized spacial score (nSPS) is 12.0. The summed E-state index contributed by atoms with van der Waals surface area (Å²) in [5.41, 5.74) is 10.8. The van der Waals surface area contributed by atoms with Crippen molar-refractivity contribution in [1.82, 2.24) is 9.55 Å². The van der Waals surface area contributed by atoms with Crippen LogP contribution in [0.25, 0.3) is 92.2 Å². The van der Waals surface area contributed by atoms with Crippen LogP contribution in [0.5, 0.6) is 0 Å². The van der Waals surface area contributed by atoms with Crippen LogP contribution in [0.15, 0.2) is 185 Å². The van der Waals surface area contributed by atoms with E-state index in [1.54, 1.807) is 0 Å². The summed E-state index contributed by atoms with van der Waals surface area (Å²) in [6.45, 7) is 0. The first kappa shape index (κ1) is 30.3. The molecule has 0 atom stereocenters. The van der Waals surface area contributed by atoms with Gasteiger partial charge in [0.15, 0.2) is 5.58 Å². The average molecular weight is 724 g/mol. The quantitative estimate of drug-likeness (QED) is 0.177. The van der Waals surface area contributed by atoms with E-state index in [-0.39, 0.29) is 0 Å². The first-order valence-corrected chi connectivity index (χ1v) is 19.2. The van der Waals surface area contributed by atoms with Crippen molar-refractivity contribution < 1.29 is 8.83 Å². The number of furan rings is 1. The Kier molecular flexibility index (Phi) is 6.44. The minimum absolute atomic E-state index is 0.577. The molecule has 0 fully saturated rings. The smallest absolute Gasteiger partial charge is 0.227 e. The Hall–Kier alpha value is -7.15. The highest BCUT2D eigenvalue weighted by Gasteiger charge is 2.20. The predicted molar refractivity (Wildman–Crippen MR) is 229 cm³/mol. The second-order valence-electron chi connectivity index (χ2n) is 14.0. The van der Waals surface area contributed by atoms with Gasteiger partial charge in [-0.1, -0.05) is 78.9 Å². The zero-order chi connectivity index (χ0) is 36.0. The Morgan fingerprint density at radius 3 is 2.05 bits per heavy atom. The van der Waals surface area contributed by atoms with E-state index in [1.165, 1.54) is 42.0 Å². The Balaban J connectivity index is 1.02. The molecule has 0 unspecified atom stereocenters. The van der Waals surface area contributed by atoms with Crippen molar-refractivity contribution in [2.75, 3.05) is 4.90 Å². The molecule has 0 saturated carbocycles. The Bertz CT molecular complexity index is 3440. The minimum atomic E-state index is 0.577. The minimum Gasteiger partial charge on any atom is -0.456 e. The van der Waals surface area contributed by atoms with Crippen LogP contribution in [0, 0.1) is 0 Å². The van der Waals surface area contributed by atoms with Gasteiger partial charge in [0.1, 0.15) is 16.7 Å². The van der Waals surface area contributed by atoms with Crippen LogP contribution in [0.3, 0.4) is 0 Å². The molecule has 258 valence electrons. The number of benzene rings is 8. The molecule has 0 N–H and O–H groups in total. The molecule has 5 nitrogen and oxygen atoms in total. The maximum Gasteiger partial charge on any atom is 0.227 e. The third-order valence-corrected chi connectivity index (χ3v) is 12.0. The molecule has 8 aromatic carbocycles. The number of para-hydroxylation sites is 3. The molecule has 0 bridgehead atoms. The summed E-state index contributed by atoms with van der Waals surface area (Å²) in [6.07, 6.45) is 0. The summed E-state index contributed by atoms with van der Waals surface area (Å²) in [6, 6.07) is 62.2. The number of anilines is 3. The maximum atomic E-state index is 6.52. The van der Waals surface area contributed by atoms with Gasteiger partial charge in [0.25, 0.3) is 0 Å². The summed E-state index contributed by atoms with van der Waals surface area (Å²) in [5, 5.41) is 6.96. The molecule has 4 aromatic heterocycles. The van der Waals surface area contributed by atoms with Crippen LogP contribution in [0.4, 0.5) is 17.1 Å². The molecule has 0 amide bonds. The van der Waals surface area contributed by atoms with Gasteiger partial charge in [-0.05, 0) is 97.1 Å². The number of hydrogen-bond acceptors (Lipinski definition) is 5. The summed E-state index contributed by atoms with van der Waals surface area (Å²) in [7, 11) is 0. The van der Waals surface area contributed by atoms with Crippen molar-refractivity contribution in [1.29, 1.82) is 0 Å². The second kappa shape index (κ2) is 11.7. The fourth-order valence-electron chi connectivity index (χ4n) is 8.33. The van der Waals surface area contributed by atoms with Crippen LogP contribution in [0.2, 0.25) is 0 Å². The second-order valence-corrected chi connectivity index (χ2v) is 15.0. The number of aromatic nitrogens is 2. The standard InChI is InChI=1S/C49H29N3O2S/c1-2-10-31(11-3-1)52-41-15-7-4-12-35(41)39-28-33(23-26-42(39)52)51(34-22-24-37-36-13-6-9-17-45(36)55-46(37)29-34)32-20-18-30(19-21-32)49-50-40-25-27-44-47(48(40)54-49)38-14-5-8-16-43(38)53-44/h1-29H. The third-order valence-electron chi connectivity index (χ3n) is 10.8. The highest BCUT2D eigenvalue weighted by atomic mass is 32.1. The Labute approximate surface area is 318 Å². The molecule has 0 aliphatic carbocycles. The lowest BCUT2D eigenvalue weighted by atomic mass is 10.1. The van der Waals surface area contributed by atoms with Crippen molar-refractivity contribution >= 4 is 103 Å². The van der Waals surface area contributed by atoms with Gasteiger partial charge in [0.05, 0.1) is 16.4 Å². The number of rotatable bonds is 5. The Morgan fingerprint density at radius 2 is 1.16 bits per heavy atom. The van der Waals surface area contributed by atoms with Crippen molar-refractivity contribution in [3.8, 4) is 17.1 Å². The van der Waals surface area contributed by atoms with Gasteiger partial charge >= 0.3 is 0 Å². The highest BCUT2D eigenvalue weighted by molar-refractivity contribution is 7.25. The average Bonchev–Trinajstić information content (AvgIpc) is 4.01. The zero-order valence-corrected chi connectivity index (χ0v) is 30.1. The van der Waals surface area contributed by atoms with Crippen molar-refractivity contribution in [3.63, 3.8) is 0 Å². The number of fused-ring (bicyclic) bond motifs is 11. The summed E-state index contributed by atoms with van der Waals surface area (Å²) in [5.74, 6) is 0.577. The van der Waals surface area contributed by atoms with Gasteiger partial charge < -0.3 is 18.3 Å². The van der Waals surface area contributed by atoms with Crippen LogP contribution in [-0.2, 0) is 0 Å². The number of oxazole rings is 1.